The zero-order valence-corrected chi connectivity index (χ0v) is 8.70. The molecule has 0 atom stereocenters. The smallest absolute Gasteiger partial charge is 0.220 e. The third-order valence-electron chi connectivity index (χ3n) is 2.71. The normalized spacial score (nSPS) is 17.1. The SMILES string of the molecule is CC(C)N1CCc2nc(N)ncc2C1. The van der Waals surface area contributed by atoms with Crippen LogP contribution in [-0.4, -0.2) is 27.5 Å². The van der Waals surface area contributed by atoms with Crippen LogP contribution in [0, 0.1) is 0 Å². The lowest BCUT2D eigenvalue weighted by Crippen LogP contribution is -2.36. The van der Waals surface area contributed by atoms with Gasteiger partial charge in [0.05, 0.1) is 5.69 Å². The highest BCUT2D eigenvalue weighted by molar-refractivity contribution is 5.26. The summed E-state index contributed by atoms with van der Waals surface area (Å²) in [5, 5.41) is 0. The van der Waals surface area contributed by atoms with Crippen molar-refractivity contribution in [2.24, 2.45) is 0 Å². The Balaban J connectivity index is 2.23. The van der Waals surface area contributed by atoms with Gasteiger partial charge in [-0.1, -0.05) is 0 Å². The van der Waals surface area contributed by atoms with Crippen LogP contribution in [-0.2, 0) is 13.0 Å². The second-order valence-corrected chi connectivity index (χ2v) is 4.01. The fourth-order valence-electron chi connectivity index (χ4n) is 1.79. The Morgan fingerprint density at radius 3 is 3.00 bits per heavy atom. The van der Waals surface area contributed by atoms with Crippen molar-refractivity contribution >= 4 is 5.95 Å². The lowest BCUT2D eigenvalue weighted by molar-refractivity contribution is 0.201. The Hall–Kier alpha value is -1.16. The predicted molar refractivity (Wildman–Crippen MR) is 55.7 cm³/mol. The molecule has 4 nitrogen and oxygen atoms in total. The van der Waals surface area contributed by atoms with Gasteiger partial charge in [0.1, 0.15) is 0 Å². The number of anilines is 1. The van der Waals surface area contributed by atoms with E-state index in [4.69, 9.17) is 5.73 Å². The van der Waals surface area contributed by atoms with Crippen LogP contribution in [0.1, 0.15) is 25.1 Å². The van der Waals surface area contributed by atoms with Crippen molar-refractivity contribution in [2.75, 3.05) is 12.3 Å². The number of hydrogen-bond donors (Lipinski definition) is 1. The molecule has 0 radical (unpaired) electrons. The van der Waals surface area contributed by atoms with Gasteiger partial charge in [0, 0.05) is 37.3 Å². The van der Waals surface area contributed by atoms with E-state index in [2.05, 4.69) is 28.7 Å². The van der Waals surface area contributed by atoms with Crippen molar-refractivity contribution in [1.29, 1.82) is 0 Å². The summed E-state index contributed by atoms with van der Waals surface area (Å²) in [7, 11) is 0. The molecule has 2 N–H and O–H groups in total. The predicted octanol–water partition coefficient (Wildman–Crippen LogP) is 0.825. The fraction of sp³-hybridized carbons (Fsp3) is 0.600. The van der Waals surface area contributed by atoms with Gasteiger partial charge in [-0.3, -0.25) is 4.90 Å². The van der Waals surface area contributed by atoms with Gasteiger partial charge in [0.2, 0.25) is 5.95 Å². The highest BCUT2D eigenvalue weighted by Crippen LogP contribution is 2.18. The Bertz CT molecular complexity index is 335. The highest BCUT2D eigenvalue weighted by atomic mass is 15.2. The summed E-state index contributed by atoms with van der Waals surface area (Å²) in [6, 6.07) is 0.584. The van der Waals surface area contributed by atoms with Crippen LogP contribution in [0.3, 0.4) is 0 Å². The maximum absolute atomic E-state index is 5.54. The third-order valence-corrected chi connectivity index (χ3v) is 2.71. The topological polar surface area (TPSA) is 55.0 Å². The standard InChI is InChI=1S/C10H16N4/c1-7(2)14-4-3-9-8(6-14)5-12-10(11)13-9/h5,7H,3-4,6H2,1-2H3,(H2,11,12,13). The molecular weight excluding hydrogens is 176 g/mol. The molecule has 0 aromatic carbocycles. The van der Waals surface area contributed by atoms with E-state index in [-0.39, 0.29) is 0 Å². The number of nitrogens with zero attached hydrogens (tertiary/aromatic N) is 3. The molecule has 0 bridgehead atoms. The van der Waals surface area contributed by atoms with E-state index in [9.17, 15) is 0 Å². The quantitative estimate of drug-likeness (QED) is 0.716. The van der Waals surface area contributed by atoms with E-state index in [1.54, 1.807) is 0 Å². The van der Waals surface area contributed by atoms with Gasteiger partial charge in [-0.25, -0.2) is 9.97 Å². The van der Waals surface area contributed by atoms with Gasteiger partial charge in [-0.15, -0.1) is 0 Å². The van der Waals surface area contributed by atoms with E-state index in [1.165, 1.54) is 5.56 Å². The van der Waals surface area contributed by atoms with E-state index < -0.39 is 0 Å². The Kier molecular flexibility index (Phi) is 2.37. The first-order valence-corrected chi connectivity index (χ1v) is 5.01. The molecule has 0 amide bonds. The lowest BCUT2D eigenvalue weighted by Gasteiger charge is -2.30. The second kappa shape index (κ2) is 3.53. The first-order valence-electron chi connectivity index (χ1n) is 5.01. The van der Waals surface area contributed by atoms with E-state index in [0.717, 1.165) is 25.2 Å². The molecule has 0 spiro atoms. The van der Waals surface area contributed by atoms with Gasteiger partial charge >= 0.3 is 0 Å². The van der Waals surface area contributed by atoms with Crippen molar-refractivity contribution in [3.05, 3.63) is 17.5 Å². The maximum atomic E-state index is 5.54. The summed E-state index contributed by atoms with van der Waals surface area (Å²) in [4.78, 5) is 10.7. The van der Waals surface area contributed by atoms with Crippen LogP contribution in [0.15, 0.2) is 6.20 Å². The van der Waals surface area contributed by atoms with Crippen LogP contribution in [0.5, 0.6) is 0 Å². The number of nitrogens with two attached hydrogens (primary N) is 1. The van der Waals surface area contributed by atoms with E-state index in [0.29, 0.717) is 12.0 Å². The first-order chi connectivity index (χ1) is 6.66. The zero-order valence-electron chi connectivity index (χ0n) is 8.70. The number of hydrogen-bond acceptors (Lipinski definition) is 4. The Labute approximate surface area is 84.2 Å². The third kappa shape index (κ3) is 1.70. The number of nitrogen functional groups attached to an aromatic ring is 1. The average molecular weight is 192 g/mol. The van der Waals surface area contributed by atoms with Gasteiger partial charge in [0.15, 0.2) is 0 Å². The van der Waals surface area contributed by atoms with E-state index >= 15 is 0 Å². The fourth-order valence-corrected chi connectivity index (χ4v) is 1.79. The van der Waals surface area contributed by atoms with E-state index in [1.807, 2.05) is 6.20 Å². The van der Waals surface area contributed by atoms with Crippen LogP contribution < -0.4 is 5.73 Å². The summed E-state index contributed by atoms with van der Waals surface area (Å²) < 4.78 is 0. The highest BCUT2D eigenvalue weighted by Gasteiger charge is 2.19. The summed E-state index contributed by atoms with van der Waals surface area (Å²) >= 11 is 0. The van der Waals surface area contributed by atoms with Crippen LogP contribution in [0.4, 0.5) is 5.95 Å². The van der Waals surface area contributed by atoms with Crippen LogP contribution in [0.25, 0.3) is 0 Å². The summed E-state index contributed by atoms with van der Waals surface area (Å²) in [5.74, 6) is 0.391. The molecule has 1 aromatic heterocycles. The van der Waals surface area contributed by atoms with Crippen LogP contribution in [0.2, 0.25) is 0 Å². The molecule has 0 saturated heterocycles. The van der Waals surface area contributed by atoms with Crippen molar-refractivity contribution < 1.29 is 0 Å². The Morgan fingerprint density at radius 2 is 2.29 bits per heavy atom. The molecule has 1 aromatic rings. The number of rotatable bonds is 1. The molecule has 0 aliphatic carbocycles. The monoisotopic (exact) mass is 192 g/mol. The Morgan fingerprint density at radius 1 is 1.50 bits per heavy atom. The molecule has 14 heavy (non-hydrogen) atoms. The van der Waals surface area contributed by atoms with Crippen molar-refractivity contribution in [3.8, 4) is 0 Å². The first kappa shape index (κ1) is 9.40. The molecule has 76 valence electrons. The summed E-state index contributed by atoms with van der Waals surface area (Å²) in [6.07, 6.45) is 2.84. The molecule has 1 aliphatic heterocycles. The molecule has 1 aliphatic rings. The average Bonchev–Trinajstić information content (AvgIpc) is 2.16. The molecule has 0 fully saturated rings. The lowest BCUT2D eigenvalue weighted by atomic mass is 10.1. The largest absolute Gasteiger partial charge is 0.368 e. The van der Waals surface area contributed by atoms with Gasteiger partial charge < -0.3 is 5.73 Å². The minimum atomic E-state index is 0.391. The summed E-state index contributed by atoms with van der Waals surface area (Å²) in [6.45, 7) is 6.45. The molecule has 2 heterocycles. The summed E-state index contributed by atoms with van der Waals surface area (Å²) in [5.41, 5.74) is 7.88. The maximum Gasteiger partial charge on any atom is 0.220 e. The number of fused-ring (bicyclic) bond motifs is 1. The minimum Gasteiger partial charge on any atom is -0.368 e. The molecule has 2 rings (SSSR count). The second-order valence-electron chi connectivity index (χ2n) is 4.01. The molecular formula is C10H16N4. The minimum absolute atomic E-state index is 0.391. The van der Waals surface area contributed by atoms with Crippen molar-refractivity contribution in [1.82, 2.24) is 14.9 Å². The molecule has 4 heteroatoms. The number of aromatic nitrogens is 2. The molecule has 0 unspecified atom stereocenters. The van der Waals surface area contributed by atoms with Gasteiger partial charge in [-0.2, -0.15) is 0 Å². The van der Waals surface area contributed by atoms with Gasteiger partial charge in [-0.05, 0) is 13.8 Å². The van der Waals surface area contributed by atoms with Crippen LogP contribution >= 0.6 is 0 Å². The molecule has 0 saturated carbocycles. The van der Waals surface area contributed by atoms with Crippen molar-refractivity contribution in [3.63, 3.8) is 0 Å². The van der Waals surface area contributed by atoms with Gasteiger partial charge in [0.25, 0.3) is 0 Å². The zero-order chi connectivity index (χ0) is 10.1. The van der Waals surface area contributed by atoms with Crippen molar-refractivity contribution in [2.45, 2.75) is 32.9 Å².